The predicted molar refractivity (Wildman–Crippen MR) is 72.1 cm³/mol. The van der Waals surface area contributed by atoms with Crippen molar-refractivity contribution in [2.75, 3.05) is 18.8 Å². The molecule has 1 saturated heterocycles. The van der Waals surface area contributed by atoms with Gasteiger partial charge in [-0.3, -0.25) is 9.48 Å². The maximum absolute atomic E-state index is 12.3. The van der Waals surface area contributed by atoms with Crippen LogP contribution in [0.3, 0.4) is 0 Å². The van der Waals surface area contributed by atoms with Crippen LogP contribution in [0.1, 0.15) is 35.0 Å². The van der Waals surface area contributed by atoms with Crippen molar-refractivity contribution in [1.29, 1.82) is 0 Å². The second-order valence-corrected chi connectivity index (χ2v) is 5.04. The van der Waals surface area contributed by atoms with Gasteiger partial charge in [-0.2, -0.15) is 5.10 Å². The van der Waals surface area contributed by atoms with Crippen LogP contribution in [0.25, 0.3) is 0 Å². The summed E-state index contributed by atoms with van der Waals surface area (Å²) in [5.74, 6) is 1.09. The van der Waals surface area contributed by atoms with Crippen LogP contribution in [0.2, 0.25) is 0 Å². The molecule has 2 N–H and O–H groups in total. The first-order chi connectivity index (χ1) is 9.65. The summed E-state index contributed by atoms with van der Waals surface area (Å²) in [6.07, 6.45) is 5.12. The molecule has 1 aliphatic rings. The van der Waals surface area contributed by atoms with Gasteiger partial charge in [0, 0.05) is 19.3 Å². The number of piperidine rings is 1. The van der Waals surface area contributed by atoms with E-state index in [1.807, 2.05) is 15.8 Å². The van der Waals surface area contributed by atoms with Crippen molar-refractivity contribution >= 4 is 11.7 Å². The van der Waals surface area contributed by atoms with E-state index in [0.717, 1.165) is 12.8 Å². The largest absolute Gasteiger partial charge is 0.382 e. The minimum atomic E-state index is -0.0119. The van der Waals surface area contributed by atoms with Crippen molar-refractivity contribution < 1.29 is 9.32 Å². The maximum atomic E-state index is 12.3. The number of likely N-dealkylation sites (tertiary alicyclic amines) is 1. The van der Waals surface area contributed by atoms with E-state index in [-0.39, 0.29) is 5.91 Å². The zero-order valence-electron chi connectivity index (χ0n) is 11.3. The number of hydrogen-bond donors (Lipinski definition) is 1. The van der Waals surface area contributed by atoms with Crippen LogP contribution >= 0.6 is 0 Å². The second kappa shape index (κ2) is 4.99. The number of rotatable bonds is 2. The van der Waals surface area contributed by atoms with Gasteiger partial charge in [-0.25, -0.2) is 0 Å². The normalized spacial score (nSPS) is 16.6. The van der Waals surface area contributed by atoms with Crippen LogP contribution < -0.4 is 5.73 Å². The summed E-state index contributed by atoms with van der Waals surface area (Å²) in [7, 11) is 0. The Morgan fingerprint density at radius 3 is 2.75 bits per heavy atom. The van der Waals surface area contributed by atoms with Crippen LogP contribution in [0.4, 0.5) is 5.82 Å². The van der Waals surface area contributed by atoms with E-state index in [0.29, 0.717) is 36.3 Å². The van der Waals surface area contributed by atoms with Crippen LogP contribution in [-0.2, 0) is 0 Å². The first-order valence-corrected chi connectivity index (χ1v) is 6.66. The van der Waals surface area contributed by atoms with Gasteiger partial charge >= 0.3 is 0 Å². The minimum absolute atomic E-state index is 0.0119. The van der Waals surface area contributed by atoms with Gasteiger partial charge in [0.15, 0.2) is 0 Å². The van der Waals surface area contributed by atoms with Crippen molar-refractivity contribution in [2.45, 2.75) is 25.8 Å². The van der Waals surface area contributed by atoms with E-state index in [9.17, 15) is 4.79 Å². The standard InChI is InChI=1S/C13H17N5O2/c1-9-11(8-15-20-9)13(19)17-5-2-10(3-6-17)18-7-4-12(14)16-18/h4,7-8,10H,2-3,5-6H2,1H3,(H2,14,16). The quantitative estimate of drug-likeness (QED) is 0.890. The summed E-state index contributed by atoms with van der Waals surface area (Å²) >= 11 is 0. The van der Waals surface area contributed by atoms with Gasteiger partial charge < -0.3 is 15.2 Å². The Morgan fingerprint density at radius 1 is 1.45 bits per heavy atom. The first kappa shape index (κ1) is 12.7. The molecule has 0 atom stereocenters. The minimum Gasteiger partial charge on any atom is -0.382 e. The zero-order chi connectivity index (χ0) is 14.1. The summed E-state index contributed by atoms with van der Waals surface area (Å²) in [6, 6.07) is 2.10. The molecule has 106 valence electrons. The maximum Gasteiger partial charge on any atom is 0.259 e. The van der Waals surface area contributed by atoms with Gasteiger partial charge in [-0.05, 0) is 25.8 Å². The van der Waals surface area contributed by atoms with Gasteiger partial charge in [0.2, 0.25) is 0 Å². The number of nitrogen functional groups attached to an aromatic ring is 1. The SMILES string of the molecule is Cc1oncc1C(=O)N1CCC(n2ccc(N)n2)CC1. The number of amides is 1. The monoisotopic (exact) mass is 275 g/mol. The summed E-state index contributed by atoms with van der Waals surface area (Å²) in [5.41, 5.74) is 6.18. The van der Waals surface area contributed by atoms with E-state index in [4.69, 9.17) is 10.3 Å². The Kier molecular flexibility index (Phi) is 3.17. The lowest BCUT2D eigenvalue weighted by molar-refractivity contribution is 0.0688. The lowest BCUT2D eigenvalue weighted by Crippen LogP contribution is -2.39. The smallest absolute Gasteiger partial charge is 0.259 e. The molecule has 7 nitrogen and oxygen atoms in total. The molecule has 0 unspecified atom stereocenters. The molecule has 1 aliphatic heterocycles. The Balaban J connectivity index is 1.64. The molecule has 2 aromatic rings. The molecule has 0 spiro atoms. The second-order valence-electron chi connectivity index (χ2n) is 5.04. The molecule has 0 bridgehead atoms. The highest BCUT2D eigenvalue weighted by Gasteiger charge is 2.26. The third-order valence-corrected chi connectivity index (χ3v) is 3.74. The van der Waals surface area contributed by atoms with E-state index >= 15 is 0 Å². The Bertz CT molecular complexity index is 610. The highest BCUT2D eigenvalue weighted by atomic mass is 16.5. The van der Waals surface area contributed by atoms with Gasteiger partial charge in [0.05, 0.1) is 12.2 Å². The summed E-state index contributed by atoms with van der Waals surface area (Å²) in [6.45, 7) is 3.15. The fraction of sp³-hybridized carbons (Fsp3) is 0.462. The molecule has 1 amide bonds. The number of aryl methyl sites for hydroxylation is 1. The number of carbonyl (C=O) groups is 1. The van der Waals surface area contributed by atoms with Crippen LogP contribution in [0, 0.1) is 6.92 Å². The van der Waals surface area contributed by atoms with Gasteiger partial charge in [-0.1, -0.05) is 5.16 Å². The summed E-state index contributed by atoms with van der Waals surface area (Å²) in [4.78, 5) is 14.1. The van der Waals surface area contributed by atoms with E-state index < -0.39 is 0 Å². The molecule has 20 heavy (non-hydrogen) atoms. The van der Waals surface area contributed by atoms with E-state index in [1.54, 1.807) is 13.0 Å². The molecular weight excluding hydrogens is 258 g/mol. The van der Waals surface area contributed by atoms with E-state index in [1.165, 1.54) is 6.20 Å². The van der Waals surface area contributed by atoms with Crippen molar-refractivity contribution in [1.82, 2.24) is 19.8 Å². The summed E-state index contributed by atoms with van der Waals surface area (Å²) in [5, 5.41) is 7.89. The fourth-order valence-electron chi connectivity index (χ4n) is 2.56. The lowest BCUT2D eigenvalue weighted by atomic mass is 10.0. The molecule has 7 heteroatoms. The molecule has 3 rings (SSSR count). The van der Waals surface area contributed by atoms with Crippen molar-refractivity contribution in [2.24, 2.45) is 0 Å². The average molecular weight is 275 g/mol. The topological polar surface area (TPSA) is 90.2 Å². The van der Waals surface area contributed by atoms with Crippen LogP contribution in [-0.4, -0.2) is 38.8 Å². The van der Waals surface area contributed by atoms with Crippen molar-refractivity contribution in [3.05, 3.63) is 29.8 Å². The third-order valence-electron chi connectivity index (χ3n) is 3.74. The number of nitrogens with two attached hydrogens (primary N) is 1. The Labute approximate surface area is 116 Å². The summed E-state index contributed by atoms with van der Waals surface area (Å²) < 4.78 is 6.83. The van der Waals surface area contributed by atoms with Crippen molar-refractivity contribution in [3.8, 4) is 0 Å². The predicted octanol–water partition coefficient (Wildman–Crippen LogP) is 1.24. The molecular formula is C13H17N5O2. The number of aromatic nitrogens is 3. The van der Waals surface area contributed by atoms with Crippen LogP contribution in [0.15, 0.2) is 23.0 Å². The molecule has 0 saturated carbocycles. The molecule has 0 radical (unpaired) electrons. The van der Waals surface area contributed by atoms with E-state index in [2.05, 4.69) is 10.3 Å². The third kappa shape index (κ3) is 2.26. The number of hydrogen-bond acceptors (Lipinski definition) is 5. The van der Waals surface area contributed by atoms with Crippen molar-refractivity contribution in [3.63, 3.8) is 0 Å². The highest BCUT2D eigenvalue weighted by molar-refractivity contribution is 5.94. The fourth-order valence-corrected chi connectivity index (χ4v) is 2.56. The first-order valence-electron chi connectivity index (χ1n) is 6.66. The Morgan fingerprint density at radius 2 is 2.20 bits per heavy atom. The van der Waals surface area contributed by atoms with Crippen LogP contribution in [0.5, 0.6) is 0 Å². The number of anilines is 1. The van der Waals surface area contributed by atoms with Gasteiger partial charge in [0.1, 0.15) is 17.1 Å². The highest BCUT2D eigenvalue weighted by Crippen LogP contribution is 2.24. The zero-order valence-corrected chi connectivity index (χ0v) is 11.3. The molecule has 0 aromatic carbocycles. The molecule has 1 fully saturated rings. The van der Waals surface area contributed by atoms with Gasteiger partial charge in [0.25, 0.3) is 5.91 Å². The Hall–Kier alpha value is -2.31. The molecule has 2 aromatic heterocycles. The number of carbonyl (C=O) groups excluding carboxylic acids is 1. The molecule has 0 aliphatic carbocycles. The lowest BCUT2D eigenvalue weighted by Gasteiger charge is -2.31. The molecule has 3 heterocycles. The average Bonchev–Trinajstić information content (AvgIpc) is 3.07. The van der Waals surface area contributed by atoms with Gasteiger partial charge in [-0.15, -0.1) is 0 Å². The number of nitrogens with zero attached hydrogens (tertiary/aromatic N) is 4.